The summed E-state index contributed by atoms with van der Waals surface area (Å²) in [6.07, 6.45) is 5.42. The summed E-state index contributed by atoms with van der Waals surface area (Å²) in [5.41, 5.74) is 4.30. The summed E-state index contributed by atoms with van der Waals surface area (Å²) in [6.45, 7) is 4.92. The van der Waals surface area contributed by atoms with Gasteiger partial charge >= 0.3 is 0 Å². The standard InChI is InChI=1S/C25H30N4O5/c1-3-23(30)28-22-8-17-18(11-29(2)20(17)10-26-22)19-9-21(34-15-12-32-13-15)16-4-6-33-25(24(16)27-19)5-7-31-14-25/h8-11,15,23,30H,3-7,12-14H2,1-2H3,(H,26,28). The van der Waals surface area contributed by atoms with Gasteiger partial charge in [0, 0.05) is 55.3 Å². The Balaban J connectivity index is 1.50. The molecule has 3 aromatic rings. The summed E-state index contributed by atoms with van der Waals surface area (Å²) >= 11 is 0. The zero-order chi connectivity index (χ0) is 23.3. The van der Waals surface area contributed by atoms with Crippen LogP contribution in [0.5, 0.6) is 5.75 Å². The van der Waals surface area contributed by atoms with Crippen molar-refractivity contribution in [2.75, 3.05) is 38.4 Å². The molecule has 3 aliphatic heterocycles. The van der Waals surface area contributed by atoms with E-state index in [1.54, 1.807) is 0 Å². The summed E-state index contributed by atoms with van der Waals surface area (Å²) < 4.78 is 25.8. The second-order valence-electron chi connectivity index (χ2n) is 9.31. The molecule has 9 nitrogen and oxygen atoms in total. The van der Waals surface area contributed by atoms with Crippen LogP contribution in [0.4, 0.5) is 5.82 Å². The van der Waals surface area contributed by atoms with E-state index in [1.807, 2.05) is 30.8 Å². The number of nitrogens with zero attached hydrogens (tertiary/aromatic N) is 3. The zero-order valence-electron chi connectivity index (χ0n) is 19.5. The fourth-order valence-electron chi connectivity index (χ4n) is 4.97. The monoisotopic (exact) mass is 466 g/mol. The van der Waals surface area contributed by atoms with Crippen molar-refractivity contribution in [1.82, 2.24) is 14.5 Å². The summed E-state index contributed by atoms with van der Waals surface area (Å²) in [5, 5.41) is 14.1. The molecule has 0 aromatic carbocycles. The molecule has 0 radical (unpaired) electrons. The molecule has 3 aromatic heterocycles. The maximum absolute atomic E-state index is 10.1. The number of ether oxygens (including phenoxy) is 4. The molecule has 6 rings (SSSR count). The Bertz CT molecular complexity index is 1220. The zero-order valence-corrected chi connectivity index (χ0v) is 19.5. The Morgan fingerprint density at radius 1 is 1.29 bits per heavy atom. The molecule has 0 aliphatic carbocycles. The summed E-state index contributed by atoms with van der Waals surface area (Å²) in [7, 11) is 2.00. The lowest BCUT2D eigenvalue weighted by Gasteiger charge is -2.36. The number of aromatic nitrogens is 3. The molecule has 1 spiro atoms. The van der Waals surface area contributed by atoms with E-state index in [-0.39, 0.29) is 6.10 Å². The van der Waals surface area contributed by atoms with E-state index >= 15 is 0 Å². The lowest BCUT2D eigenvalue weighted by molar-refractivity contribution is -0.0836. The molecule has 2 saturated heterocycles. The first-order valence-corrected chi connectivity index (χ1v) is 12.0. The summed E-state index contributed by atoms with van der Waals surface area (Å²) in [4.78, 5) is 9.66. The largest absolute Gasteiger partial charge is 0.485 e. The Kier molecular flexibility index (Phi) is 5.44. The number of hydrogen-bond donors (Lipinski definition) is 2. The fourth-order valence-corrected chi connectivity index (χ4v) is 4.97. The number of aliphatic hydroxyl groups is 1. The molecule has 180 valence electrons. The van der Waals surface area contributed by atoms with Crippen molar-refractivity contribution in [3.05, 3.63) is 35.8 Å². The minimum Gasteiger partial charge on any atom is -0.485 e. The average Bonchev–Trinajstić information content (AvgIpc) is 3.41. The van der Waals surface area contributed by atoms with E-state index in [0.717, 1.165) is 52.0 Å². The summed E-state index contributed by atoms with van der Waals surface area (Å²) in [6, 6.07) is 4.02. The smallest absolute Gasteiger partial charge is 0.145 e. The van der Waals surface area contributed by atoms with Gasteiger partial charge in [0.1, 0.15) is 29.5 Å². The Labute approximate surface area is 198 Å². The number of fused-ring (bicyclic) bond motifs is 3. The number of hydrogen-bond acceptors (Lipinski definition) is 8. The molecule has 0 amide bonds. The van der Waals surface area contributed by atoms with Crippen LogP contribution >= 0.6 is 0 Å². The van der Waals surface area contributed by atoms with Gasteiger partial charge in [-0.2, -0.15) is 0 Å². The van der Waals surface area contributed by atoms with Gasteiger partial charge in [-0.05, 0) is 12.5 Å². The number of rotatable bonds is 6. The van der Waals surface area contributed by atoms with Crippen molar-refractivity contribution < 1.29 is 24.1 Å². The number of pyridine rings is 2. The molecule has 2 unspecified atom stereocenters. The third-order valence-corrected chi connectivity index (χ3v) is 6.98. The second kappa shape index (κ2) is 8.49. The van der Waals surface area contributed by atoms with E-state index in [0.29, 0.717) is 45.3 Å². The van der Waals surface area contributed by atoms with Crippen LogP contribution in [-0.2, 0) is 33.3 Å². The van der Waals surface area contributed by atoms with E-state index < -0.39 is 11.8 Å². The van der Waals surface area contributed by atoms with Crippen molar-refractivity contribution in [2.45, 2.75) is 44.1 Å². The van der Waals surface area contributed by atoms with Gasteiger partial charge in [-0.3, -0.25) is 0 Å². The minimum atomic E-state index is -0.650. The van der Waals surface area contributed by atoms with Crippen molar-refractivity contribution in [2.24, 2.45) is 7.05 Å². The first kappa shape index (κ1) is 21.8. The molecule has 2 fully saturated rings. The van der Waals surface area contributed by atoms with E-state index in [2.05, 4.69) is 22.6 Å². The SMILES string of the molecule is CCC(O)Nc1cc2c(-c3cc(OC4COC4)c4c(n3)C3(CCOC3)OCC4)cn(C)c2cn1. The van der Waals surface area contributed by atoms with Gasteiger partial charge in [0.05, 0.1) is 49.5 Å². The molecule has 2 atom stereocenters. The molecule has 2 N–H and O–H groups in total. The number of aliphatic hydroxyl groups excluding tert-OH is 1. The lowest BCUT2D eigenvalue weighted by Crippen LogP contribution is -2.40. The van der Waals surface area contributed by atoms with E-state index in [9.17, 15) is 5.11 Å². The van der Waals surface area contributed by atoms with Crippen LogP contribution in [0.3, 0.4) is 0 Å². The molecule has 3 aliphatic rings. The Hall–Kier alpha value is -2.72. The summed E-state index contributed by atoms with van der Waals surface area (Å²) in [5.74, 6) is 1.48. The van der Waals surface area contributed by atoms with Crippen LogP contribution in [0.1, 0.15) is 31.0 Å². The van der Waals surface area contributed by atoms with Crippen LogP contribution in [0.15, 0.2) is 24.5 Å². The van der Waals surface area contributed by atoms with Crippen molar-refractivity contribution in [1.29, 1.82) is 0 Å². The van der Waals surface area contributed by atoms with Gasteiger partial charge in [0.15, 0.2) is 0 Å². The minimum absolute atomic E-state index is 0.0565. The fraction of sp³-hybridized carbons (Fsp3) is 0.520. The molecule has 0 saturated carbocycles. The molecule has 9 heteroatoms. The van der Waals surface area contributed by atoms with Gasteiger partial charge in [-0.15, -0.1) is 0 Å². The van der Waals surface area contributed by atoms with Crippen LogP contribution < -0.4 is 10.1 Å². The Morgan fingerprint density at radius 3 is 2.91 bits per heavy atom. The number of aryl methyl sites for hydroxylation is 1. The van der Waals surface area contributed by atoms with E-state index in [1.165, 1.54) is 0 Å². The Morgan fingerprint density at radius 2 is 2.18 bits per heavy atom. The van der Waals surface area contributed by atoms with Crippen LogP contribution in [0, 0.1) is 0 Å². The number of nitrogens with one attached hydrogen (secondary N) is 1. The first-order valence-electron chi connectivity index (χ1n) is 12.0. The third kappa shape index (κ3) is 3.63. The van der Waals surface area contributed by atoms with Gasteiger partial charge < -0.3 is 33.9 Å². The topological polar surface area (TPSA) is 99.9 Å². The lowest BCUT2D eigenvalue weighted by atomic mass is 9.89. The predicted molar refractivity (Wildman–Crippen MR) is 126 cm³/mol. The molecule has 0 bridgehead atoms. The quantitative estimate of drug-likeness (QED) is 0.535. The highest BCUT2D eigenvalue weighted by Gasteiger charge is 2.44. The molecular formula is C25H30N4O5. The normalized spacial score (nSPS) is 23.1. The van der Waals surface area contributed by atoms with Gasteiger partial charge in [0.25, 0.3) is 0 Å². The average molecular weight is 467 g/mol. The molecule has 6 heterocycles. The highest BCUT2D eigenvalue weighted by atomic mass is 16.6. The van der Waals surface area contributed by atoms with Crippen LogP contribution in [0.2, 0.25) is 0 Å². The molecule has 34 heavy (non-hydrogen) atoms. The highest BCUT2D eigenvalue weighted by Crippen LogP contribution is 2.44. The van der Waals surface area contributed by atoms with Crippen molar-refractivity contribution in [3.8, 4) is 17.0 Å². The van der Waals surface area contributed by atoms with Gasteiger partial charge in [0.2, 0.25) is 0 Å². The first-order chi connectivity index (χ1) is 16.6. The maximum Gasteiger partial charge on any atom is 0.145 e. The molecular weight excluding hydrogens is 436 g/mol. The predicted octanol–water partition coefficient (Wildman–Crippen LogP) is 2.74. The van der Waals surface area contributed by atoms with Gasteiger partial charge in [-0.25, -0.2) is 9.97 Å². The number of anilines is 1. The van der Waals surface area contributed by atoms with Gasteiger partial charge in [-0.1, -0.05) is 6.92 Å². The van der Waals surface area contributed by atoms with Crippen molar-refractivity contribution >= 4 is 16.7 Å². The third-order valence-electron chi connectivity index (χ3n) is 6.98. The highest BCUT2D eigenvalue weighted by molar-refractivity contribution is 5.96. The van der Waals surface area contributed by atoms with E-state index in [4.69, 9.17) is 23.9 Å². The second-order valence-corrected chi connectivity index (χ2v) is 9.31. The van der Waals surface area contributed by atoms with Crippen LogP contribution in [0.25, 0.3) is 22.2 Å². The van der Waals surface area contributed by atoms with Crippen molar-refractivity contribution in [3.63, 3.8) is 0 Å². The maximum atomic E-state index is 10.1. The van der Waals surface area contributed by atoms with Crippen LogP contribution in [-0.4, -0.2) is 65.0 Å².